The summed E-state index contributed by atoms with van der Waals surface area (Å²) in [4.78, 5) is 29.4. The van der Waals surface area contributed by atoms with Gasteiger partial charge in [0.1, 0.15) is 23.6 Å². The van der Waals surface area contributed by atoms with Crippen LogP contribution < -0.4 is 21.1 Å². The highest BCUT2D eigenvalue weighted by atomic mass is 16.5. The second-order valence-electron chi connectivity index (χ2n) is 7.19. The highest BCUT2D eigenvalue weighted by molar-refractivity contribution is 6.04. The van der Waals surface area contributed by atoms with Gasteiger partial charge in [0, 0.05) is 25.2 Å². The monoisotopic (exact) mass is 427 g/mol. The number of ether oxygens (including phenoxy) is 1. The van der Waals surface area contributed by atoms with Crippen LogP contribution in [0, 0.1) is 6.92 Å². The molecule has 3 rings (SSSR count). The lowest BCUT2D eigenvalue weighted by Crippen LogP contribution is -2.20. The van der Waals surface area contributed by atoms with Crippen LogP contribution in [0.2, 0.25) is 0 Å². The quantitative estimate of drug-likeness (QED) is 0.424. The number of nitrogens with one attached hydrogen (secondary N) is 2. The van der Waals surface area contributed by atoms with E-state index in [0.717, 1.165) is 12.1 Å². The third-order valence-corrected chi connectivity index (χ3v) is 4.81. The third-order valence-electron chi connectivity index (χ3n) is 4.81. The molecule has 2 aromatic heterocycles. The molecule has 2 amide bonds. The van der Waals surface area contributed by atoms with Gasteiger partial charge in [0.2, 0.25) is 11.9 Å². The van der Waals surface area contributed by atoms with E-state index in [4.69, 9.17) is 10.5 Å². The molecule has 10 heteroatoms. The van der Waals surface area contributed by atoms with Crippen molar-refractivity contribution in [2.24, 2.45) is 5.73 Å². The number of anilines is 1. The lowest BCUT2D eigenvalue weighted by atomic mass is 10.1. The number of carbonyl (C=O) groups excluding carboxylic acids is 2. The predicted molar refractivity (Wildman–Crippen MR) is 119 cm³/mol. The number of imidazole rings is 1. The van der Waals surface area contributed by atoms with E-state index in [0.29, 0.717) is 60.2 Å². The summed E-state index contributed by atoms with van der Waals surface area (Å²) in [6.45, 7) is 8.02. The van der Waals surface area contributed by atoms with Gasteiger partial charge < -0.3 is 20.4 Å². The van der Waals surface area contributed by atoms with E-state index in [-0.39, 0.29) is 5.91 Å². The van der Waals surface area contributed by atoms with Crippen molar-refractivity contribution in [1.82, 2.24) is 24.6 Å². The van der Waals surface area contributed by atoms with Crippen molar-refractivity contribution in [3.05, 3.63) is 35.2 Å². The summed E-state index contributed by atoms with van der Waals surface area (Å²) < 4.78 is 9.47. The minimum Gasteiger partial charge on any atom is -0.490 e. The highest BCUT2D eigenvalue weighted by Crippen LogP contribution is 2.31. The molecule has 10 nitrogen and oxygen atoms in total. The topological polar surface area (TPSA) is 129 Å². The Morgan fingerprint density at radius 2 is 2.00 bits per heavy atom. The van der Waals surface area contributed by atoms with Crippen molar-refractivity contribution in [3.8, 4) is 5.75 Å². The summed E-state index contributed by atoms with van der Waals surface area (Å²) in [5, 5.41) is 10.3. The summed E-state index contributed by atoms with van der Waals surface area (Å²) in [6, 6.07) is 4.98. The van der Waals surface area contributed by atoms with E-state index >= 15 is 0 Å². The van der Waals surface area contributed by atoms with Crippen LogP contribution in [0.15, 0.2) is 18.2 Å². The van der Waals surface area contributed by atoms with Gasteiger partial charge in [-0.25, -0.2) is 4.98 Å². The zero-order valence-corrected chi connectivity index (χ0v) is 18.4. The molecule has 0 aliphatic rings. The number of hydrogen-bond donors (Lipinski definition) is 3. The van der Waals surface area contributed by atoms with Crippen LogP contribution in [0.25, 0.3) is 11.0 Å². The molecular weight excluding hydrogens is 398 g/mol. The second kappa shape index (κ2) is 9.61. The molecular formula is C21H29N7O3. The molecule has 31 heavy (non-hydrogen) atoms. The Kier molecular flexibility index (Phi) is 6.91. The summed E-state index contributed by atoms with van der Waals surface area (Å²) in [7, 11) is 1.83. The van der Waals surface area contributed by atoms with Gasteiger partial charge in [-0.3, -0.25) is 19.6 Å². The van der Waals surface area contributed by atoms with Gasteiger partial charge in [0.15, 0.2) is 0 Å². The van der Waals surface area contributed by atoms with Gasteiger partial charge in [-0.05, 0) is 45.5 Å². The number of primary amides is 1. The van der Waals surface area contributed by atoms with Crippen molar-refractivity contribution >= 4 is 28.8 Å². The number of nitrogens with two attached hydrogens (primary N) is 1. The summed E-state index contributed by atoms with van der Waals surface area (Å²) in [6.07, 6.45) is 0.813. The molecule has 0 fully saturated rings. The molecule has 0 aliphatic carbocycles. The molecule has 0 saturated carbocycles. The summed E-state index contributed by atoms with van der Waals surface area (Å²) in [5.74, 6) is 0.00193. The third kappa shape index (κ3) is 4.69. The van der Waals surface area contributed by atoms with Crippen LogP contribution in [0.1, 0.15) is 46.8 Å². The number of aryl methyl sites for hydroxylation is 3. The Morgan fingerprint density at radius 3 is 2.65 bits per heavy atom. The molecule has 0 atom stereocenters. The number of benzene rings is 1. The molecule has 0 bridgehead atoms. The lowest BCUT2D eigenvalue weighted by Gasteiger charge is -2.13. The molecule has 4 N–H and O–H groups in total. The second-order valence-corrected chi connectivity index (χ2v) is 7.19. The Balaban J connectivity index is 2.08. The maximum absolute atomic E-state index is 13.0. The maximum Gasteiger partial charge on any atom is 0.276 e. The van der Waals surface area contributed by atoms with Gasteiger partial charge in [-0.1, -0.05) is 6.92 Å². The molecule has 0 saturated heterocycles. The molecule has 0 unspecified atom stereocenters. The fourth-order valence-corrected chi connectivity index (χ4v) is 3.42. The average Bonchev–Trinajstić information content (AvgIpc) is 3.28. The number of rotatable bonds is 10. The normalized spacial score (nSPS) is 11.1. The van der Waals surface area contributed by atoms with Gasteiger partial charge >= 0.3 is 0 Å². The molecule has 166 valence electrons. The SMILES string of the molecule is CCCn1c(NC(=O)c2cc(C)nn2CC)nc2cc(C(N)=O)cc(OCCNC)c21. The largest absolute Gasteiger partial charge is 0.490 e. The summed E-state index contributed by atoms with van der Waals surface area (Å²) >= 11 is 0. The zero-order valence-electron chi connectivity index (χ0n) is 18.4. The minimum atomic E-state index is -0.571. The molecule has 1 aromatic carbocycles. The minimum absolute atomic E-state index is 0.297. The lowest BCUT2D eigenvalue weighted by molar-refractivity contribution is 0.0995. The van der Waals surface area contributed by atoms with Crippen LogP contribution >= 0.6 is 0 Å². The first-order valence-corrected chi connectivity index (χ1v) is 10.4. The van der Waals surface area contributed by atoms with Crippen LogP contribution in [-0.2, 0) is 13.1 Å². The smallest absolute Gasteiger partial charge is 0.276 e. The van der Waals surface area contributed by atoms with E-state index < -0.39 is 5.91 Å². The Hall–Kier alpha value is -3.40. The van der Waals surface area contributed by atoms with E-state index in [2.05, 4.69) is 20.7 Å². The van der Waals surface area contributed by atoms with Crippen molar-refractivity contribution in [3.63, 3.8) is 0 Å². The van der Waals surface area contributed by atoms with Crippen molar-refractivity contribution in [1.29, 1.82) is 0 Å². The first-order chi connectivity index (χ1) is 14.9. The molecule has 3 aromatic rings. The van der Waals surface area contributed by atoms with E-state index in [1.807, 2.05) is 32.4 Å². The number of carbonyl (C=O) groups is 2. The van der Waals surface area contributed by atoms with Crippen molar-refractivity contribution in [2.45, 2.75) is 40.3 Å². The Morgan fingerprint density at radius 1 is 1.23 bits per heavy atom. The maximum atomic E-state index is 13.0. The molecule has 0 radical (unpaired) electrons. The molecule has 2 heterocycles. The Bertz CT molecular complexity index is 1100. The van der Waals surface area contributed by atoms with Crippen molar-refractivity contribution < 1.29 is 14.3 Å². The zero-order chi connectivity index (χ0) is 22.5. The number of hydrogen-bond acceptors (Lipinski definition) is 6. The van der Waals surface area contributed by atoms with Crippen LogP contribution in [-0.4, -0.2) is 51.3 Å². The number of aromatic nitrogens is 4. The first-order valence-electron chi connectivity index (χ1n) is 10.4. The van der Waals surface area contributed by atoms with Gasteiger partial charge in [0.05, 0.1) is 11.2 Å². The van der Waals surface area contributed by atoms with Crippen LogP contribution in [0.3, 0.4) is 0 Å². The van der Waals surface area contributed by atoms with Gasteiger partial charge in [-0.15, -0.1) is 0 Å². The first kappa shape index (κ1) is 22.3. The fraction of sp³-hybridized carbons (Fsp3) is 0.429. The molecule has 0 aliphatic heterocycles. The van der Waals surface area contributed by atoms with E-state index in [1.165, 1.54) is 0 Å². The highest BCUT2D eigenvalue weighted by Gasteiger charge is 2.21. The van der Waals surface area contributed by atoms with Crippen LogP contribution in [0.5, 0.6) is 5.75 Å². The summed E-state index contributed by atoms with van der Waals surface area (Å²) in [5.41, 5.74) is 8.25. The Labute approximate surface area is 180 Å². The van der Waals surface area contributed by atoms with Crippen LogP contribution in [0.4, 0.5) is 5.95 Å². The standard InChI is InChI=1S/C21H29N7O3/c1-5-8-27-18-15(11-14(19(22)29)12-17(18)31-9-7-23-4)24-21(27)25-20(30)16-10-13(3)26-28(16)6-2/h10-12,23H,5-9H2,1-4H3,(H2,22,29)(H,24,25,30). The number of likely N-dealkylation sites (N-methyl/N-ethyl adjacent to an activating group) is 1. The van der Waals surface area contributed by atoms with Gasteiger partial charge in [0.25, 0.3) is 5.91 Å². The fourth-order valence-electron chi connectivity index (χ4n) is 3.42. The van der Waals surface area contributed by atoms with E-state index in [9.17, 15) is 9.59 Å². The number of amides is 2. The number of nitrogens with zero attached hydrogens (tertiary/aromatic N) is 4. The molecule has 0 spiro atoms. The van der Waals surface area contributed by atoms with Crippen molar-refractivity contribution in [2.75, 3.05) is 25.5 Å². The van der Waals surface area contributed by atoms with Gasteiger partial charge in [-0.2, -0.15) is 5.10 Å². The average molecular weight is 428 g/mol. The predicted octanol–water partition coefficient (Wildman–Crippen LogP) is 1.92. The van der Waals surface area contributed by atoms with E-state index in [1.54, 1.807) is 22.9 Å². The number of fused-ring (bicyclic) bond motifs is 1.